The Labute approximate surface area is 128 Å². The molecule has 1 aliphatic rings. The molecule has 2 aromatic rings. The predicted octanol–water partition coefficient (Wildman–Crippen LogP) is 2.71. The van der Waals surface area contributed by atoms with Crippen LogP contribution in [0, 0.1) is 5.82 Å². The summed E-state index contributed by atoms with van der Waals surface area (Å²) in [6.45, 7) is -0.191. The largest absolute Gasteiger partial charge is 0.394 e. The third-order valence-electron chi connectivity index (χ3n) is 4.26. The maximum absolute atomic E-state index is 14.0. The predicted molar refractivity (Wildman–Crippen MR) is 81.7 cm³/mol. The summed E-state index contributed by atoms with van der Waals surface area (Å²) in [4.78, 5) is 12.6. The van der Waals surface area contributed by atoms with Crippen LogP contribution in [0.4, 0.5) is 4.39 Å². The molecule has 1 aliphatic carbocycles. The average molecular weight is 299 g/mol. The first-order chi connectivity index (χ1) is 10.7. The summed E-state index contributed by atoms with van der Waals surface area (Å²) in [5.74, 6) is -0.573. The summed E-state index contributed by atoms with van der Waals surface area (Å²) in [5, 5.41) is 12.4. The van der Waals surface area contributed by atoms with Crippen LogP contribution in [0.5, 0.6) is 0 Å². The molecule has 2 aromatic carbocycles. The molecule has 0 saturated heterocycles. The SMILES string of the molecule is O=C(N[C@@H](CO)c1ccccc1)C1(c2ccccc2F)CC1. The number of rotatable bonds is 5. The summed E-state index contributed by atoms with van der Waals surface area (Å²) < 4.78 is 14.0. The molecule has 3 nitrogen and oxygen atoms in total. The van der Waals surface area contributed by atoms with E-state index in [1.54, 1.807) is 18.2 Å². The number of aliphatic hydroxyl groups is 1. The van der Waals surface area contributed by atoms with Crippen molar-refractivity contribution in [3.05, 3.63) is 71.5 Å². The maximum atomic E-state index is 14.0. The lowest BCUT2D eigenvalue weighted by Gasteiger charge is -2.22. The lowest BCUT2D eigenvalue weighted by Crippen LogP contribution is -2.39. The molecule has 0 unspecified atom stereocenters. The van der Waals surface area contributed by atoms with Gasteiger partial charge in [-0.25, -0.2) is 4.39 Å². The minimum atomic E-state index is -0.784. The number of hydrogen-bond donors (Lipinski definition) is 2. The van der Waals surface area contributed by atoms with Crippen molar-refractivity contribution >= 4 is 5.91 Å². The molecule has 1 saturated carbocycles. The van der Waals surface area contributed by atoms with Crippen molar-refractivity contribution in [1.82, 2.24) is 5.32 Å². The molecule has 2 N–H and O–H groups in total. The van der Waals surface area contributed by atoms with E-state index in [0.29, 0.717) is 18.4 Å². The van der Waals surface area contributed by atoms with Gasteiger partial charge in [-0.15, -0.1) is 0 Å². The van der Waals surface area contributed by atoms with E-state index in [4.69, 9.17) is 0 Å². The molecule has 114 valence electrons. The second kappa shape index (κ2) is 5.89. The van der Waals surface area contributed by atoms with Crippen molar-refractivity contribution in [1.29, 1.82) is 0 Å². The standard InChI is InChI=1S/C18H18FNO2/c19-15-9-5-4-8-14(15)18(10-11-18)17(22)20-16(12-21)13-6-2-1-3-7-13/h1-9,16,21H,10-12H2,(H,20,22)/t16-/m0/s1. The zero-order valence-corrected chi connectivity index (χ0v) is 12.1. The Morgan fingerprint density at radius 3 is 2.36 bits per heavy atom. The van der Waals surface area contributed by atoms with Gasteiger partial charge < -0.3 is 10.4 Å². The molecule has 22 heavy (non-hydrogen) atoms. The number of benzene rings is 2. The van der Waals surface area contributed by atoms with Gasteiger partial charge in [0.15, 0.2) is 0 Å². The Morgan fingerprint density at radius 1 is 1.14 bits per heavy atom. The van der Waals surface area contributed by atoms with Crippen LogP contribution in [-0.4, -0.2) is 17.6 Å². The molecule has 1 atom stereocenters. The fraction of sp³-hybridized carbons (Fsp3) is 0.278. The van der Waals surface area contributed by atoms with Gasteiger partial charge >= 0.3 is 0 Å². The molecule has 1 amide bonds. The second-order valence-electron chi connectivity index (χ2n) is 5.68. The molecule has 0 bridgehead atoms. The number of nitrogens with one attached hydrogen (secondary N) is 1. The molecule has 3 rings (SSSR count). The van der Waals surface area contributed by atoms with Crippen molar-refractivity contribution in [3.63, 3.8) is 0 Å². The van der Waals surface area contributed by atoms with Crippen LogP contribution in [-0.2, 0) is 10.2 Å². The molecule has 4 heteroatoms. The molecule has 1 fully saturated rings. The van der Waals surface area contributed by atoms with Crippen LogP contribution < -0.4 is 5.32 Å². The minimum Gasteiger partial charge on any atom is -0.394 e. The highest BCUT2D eigenvalue weighted by molar-refractivity contribution is 5.91. The summed E-state index contributed by atoms with van der Waals surface area (Å²) in [5.41, 5.74) is 0.494. The number of carbonyl (C=O) groups is 1. The molecule has 0 aliphatic heterocycles. The van der Waals surface area contributed by atoms with Crippen LogP contribution >= 0.6 is 0 Å². The Kier molecular flexibility index (Phi) is 3.94. The maximum Gasteiger partial charge on any atom is 0.231 e. The molecule has 0 spiro atoms. The van der Waals surface area contributed by atoms with Crippen molar-refractivity contribution in [2.45, 2.75) is 24.3 Å². The first-order valence-electron chi connectivity index (χ1n) is 7.39. The van der Waals surface area contributed by atoms with E-state index in [9.17, 15) is 14.3 Å². The minimum absolute atomic E-state index is 0.191. The summed E-state index contributed by atoms with van der Waals surface area (Å²) in [6, 6.07) is 15.2. The molecule has 0 heterocycles. The topological polar surface area (TPSA) is 49.3 Å². The fourth-order valence-corrected chi connectivity index (χ4v) is 2.81. The third kappa shape index (κ3) is 2.62. The van der Waals surface area contributed by atoms with E-state index in [2.05, 4.69) is 5.32 Å². The van der Waals surface area contributed by atoms with Gasteiger partial charge in [-0.3, -0.25) is 4.79 Å². The van der Waals surface area contributed by atoms with Crippen molar-refractivity contribution < 1.29 is 14.3 Å². The van der Waals surface area contributed by atoms with E-state index >= 15 is 0 Å². The Hall–Kier alpha value is -2.20. The van der Waals surface area contributed by atoms with Gasteiger partial charge in [0.25, 0.3) is 0 Å². The lowest BCUT2D eigenvalue weighted by atomic mass is 9.93. The summed E-state index contributed by atoms with van der Waals surface area (Å²) in [6.07, 6.45) is 1.26. The molecular weight excluding hydrogens is 281 g/mol. The Morgan fingerprint density at radius 2 is 1.77 bits per heavy atom. The Bertz CT molecular complexity index is 668. The first kappa shape index (κ1) is 14.7. The van der Waals surface area contributed by atoms with E-state index in [1.165, 1.54) is 6.07 Å². The van der Waals surface area contributed by atoms with E-state index in [0.717, 1.165) is 5.56 Å². The summed E-state index contributed by atoms with van der Waals surface area (Å²) in [7, 11) is 0. The van der Waals surface area contributed by atoms with Crippen molar-refractivity contribution in [3.8, 4) is 0 Å². The lowest BCUT2D eigenvalue weighted by molar-refractivity contribution is -0.124. The quantitative estimate of drug-likeness (QED) is 0.892. The highest BCUT2D eigenvalue weighted by Crippen LogP contribution is 2.49. The zero-order chi connectivity index (χ0) is 15.6. The number of halogens is 1. The smallest absolute Gasteiger partial charge is 0.231 e. The van der Waals surface area contributed by atoms with Gasteiger partial charge in [0.05, 0.1) is 18.1 Å². The first-order valence-corrected chi connectivity index (χ1v) is 7.39. The normalized spacial score (nSPS) is 16.8. The van der Waals surface area contributed by atoms with Gasteiger partial charge in [-0.05, 0) is 24.5 Å². The van der Waals surface area contributed by atoms with Crippen molar-refractivity contribution in [2.24, 2.45) is 0 Å². The monoisotopic (exact) mass is 299 g/mol. The Balaban J connectivity index is 1.81. The molecular formula is C18H18FNO2. The van der Waals surface area contributed by atoms with Crippen LogP contribution in [0.2, 0.25) is 0 Å². The van der Waals surface area contributed by atoms with Gasteiger partial charge in [-0.1, -0.05) is 48.5 Å². The van der Waals surface area contributed by atoms with Crippen LogP contribution in [0.15, 0.2) is 54.6 Å². The second-order valence-corrected chi connectivity index (χ2v) is 5.68. The van der Waals surface area contributed by atoms with Crippen LogP contribution in [0.25, 0.3) is 0 Å². The number of amides is 1. The van der Waals surface area contributed by atoms with Gasteiger partial charge in [0.2, 0.25) is 5.91 Å². The number of aliphatic hydroxyl groups excluding tert-OH is 1. The number of hydrogen-bond acceptors (Lipinski definition) is 2. The van der Waals surface area contributed by atoms with Gasteiger partial charge in [-0.2, -0.15) is 0 Å². The summed E-state index contributed by atoms with van der Waals surface area (Å²) >= 11 is 0. The fourth-order valence-electron chi connectivity index (χ4n) is 2.81. The van der Waals surface area contributed by atoms with Gasteiger partial charge in [0.1, 0.15) is 5.82 Å². The third-order valence-corrected chi connectivity index (χ3v) is 4.26. The van der Waals surface area contributed by atoms with E-state index < -0.39 is 11.5 Å². The highest BCUT2D eigenvalue weighted by Gasteiger charge is 2.53. The highest BCUT2D eigenvalue weighted by atomic mass is 19.1. The van der Waals surface area contributed by atoms with E-state index in [1.807, 2.05) is 30.3 Å². The van der Waals surface area contributed by atoms with Crippen LogP contribution in [0.3, 0.4) is 0 Å². The van der Waals surface area contributed by atoms with Gasteiger partial charge in [0, 0.05) is 5.56 Å². The van der Waals surface area contributed by atoms with Crippen LogP contribution in [0.1, 0.15) is 30.0 Å². The zero-order valence-electron chi connectivity index (χ0n) is 12.1. The number of carbonyl (C=O) groups excluding carboxylic acids is 1. The average Bonchev–Trinajstić information content (AvgIpc) is 3.35. The van der Waals surface area contributed by atoms with E-state index in [-0.39, 0.29) is 18.3 Å². The van der Waals surface area contributed by atoms with Crippen molar-refractivity contribution in [2.75, 3.05) is 6.61 Å². The molecule has 0 radical (unpaired) electrons. The molecule has 0 aromatic heterocycles.